The first-order chi connectivity index (χ1) is 9.54. The molecular weight excluding hydrogens is 342 g/mol. The molecule has 0 aliphatic rings. The van der Waals surface area contributed by atoms with Gasteiger partial charge in [-0.25, -0.2) is 0 Å². The number of rotatable bonds is 2. The molecule has 0 fully saturated rings. The molecule has 20 heavy (non-hydrogen) atoms. The van der Waals surface area contributed by atoms with Crippen molar-refractivity contribution in [1.29, 1.82) is 0 Å². The number of aromatic nitrogens is 2. The van der Waals surface area contributed by atoms with Crippen LogP contribution < -0.4 is 16.9 Å². The van der Waals surface area contributed by atoms with Crippen LogP contribution in [0.25, 0.3) is 11.0 Å². The number of hydrogen-bond acceptors (Lipinski definition) is 4. The van der Waals surface area contributed by atoms with Gasteiger partial charge >= 0.3 is 11.1 Å². The molecule has 102 valence electrons. The summed E-state index contributed by atoms with van der Waals surface area (Å²) in [6, 6.07) is 9.00. The van der Waals surface area contributed by atoms with Crippen molar-refractivity contribution in [2.45, 2.75) is 6.04 Å². The van der Waals surface area contributed by atoms with E-state index in [9.17, 15) is 9.59 Å². The van der Waals surface area contributed by atoms with Gasteiger partial charge in [-0.15, -0.1) is 11.3 Å². The lowest BCUT2D eigenvalue weighted by molar-refractivity contribution is 0.894. The van der Waals surface area contributed by atoms with E-state index in [1.807, 2.05) is 18.2 Å². The summed E-state index contributed by atoms with van der Waals surface area (Å²) in [4.78, 5) is 28.7. The molecule has 0 bridgehead atoms. The van der Waals surface area contributed by atoms with Crippen LogP contribution in [0, 0.1) is 0 Å². The van der Waals surface area contributed by atoms with Gasteiger partial charge in [0.2, 0.25) is 0 Å². The van der Waals surface area contributed by atoms with Crippen LogP contribution in [0.3, 0.4) is 0 Å². The number of aromatic amines is 2. The van der Waals surface area contributed by atoms with Crippen LogP contribution >= 0.6 is 27.3 Å². The van der Waals surface area contributed by atoms with E-state index in [1.54, 1.807) is 23.5 Å². The van der Waals surface area contributed by atoms with Crippen molar-refractivity contribution in [2.24, 2.45) is 5.73 Å². The van der Waals surface area contributed by atoms with Crippen molar-refractivity contribution in [2.75, 3.05) is 0 Å². The van der Waals surface area contributed by atoms with Crippen LogP contribution in [0.15, 0.2) is 43.7 Å². The third kappa shape index (κ3) is 2.35. The van der Waals surface area contributed by atoms with Crippen molar-refractivity contribution in [3.8, 4) is 0 Å². The van der Waals surface area contributed by atoms with Gasteiger partial charge in [0.1, 0.15) is 0 Å². The summed E-state index contributed by atoms with van der Waals surface area (Å²) in [5.74, 6) is 0. The highest BCUT2D eigenvalue weighted by atomic mass is 79.9. The Balaban J connectivity index is 2.11. The van der Waals surface area contributed by atoms with Gasteiger partial charge in [-0.05, 0) is 45.8 Å². The topological polar surface area (TPSA) is 91.7 Å². The fraction of sp³-hybridized carbons (Fsp3) is 0.0769. The molecule has 7 heteroatoms. The highest BCUT2D eigenvalue weighted by Gasteiger charge is 2.12. The van der Waals surface area contributed by atoms with Gasteiger partial charge in [-0.1, -0.05) is 6.07 Å². The first-order valence-electron chi connectivity index (χ1n) is 5.81. The molecule has 3 rings (SSSR count). The molecule has 0 amide bonds. The molecule has 5 nitrogen and oxygen atoms in total. The number of thiophene rings is 1. The largest absolute Gasteiger partial charge is 0.320 e. The maximum atomic E-state index is 11.4. The van der Waals surface area contributed by atoms with E-state index in [2.05, 4.69) is 25.9 Å². The molecule has 3 aromatic rings. The van der Waals surface area contributed by atoms with Crippen LogP contribution in [-0.4, -0.2) is 9.97 Å². The van der Waals surface area contributed by atoms with Gasteiger partial charge in [-0.2, -0.15) is 0 Å². The Labute approximate surface area is 125 Å². The zero-order chi connectivity index (χ0) is 14.3. The summed E-state index contributed by atoms with van der Waals surface area (Å²) in [5, 5.41) is 0. The predicted octanol–water partition coefficient (Wildman–Crippen LogP) is 2.09. The SMILES string of the molecule is NC(c1ccc2[nH]c(=O)c(=O)[nH]c2c1)c1ccc(Br)s1. The average molecular weight is 352 g/mol. The van der Waals surface area contributed by atoms with Gasteiger partial charge in [0.15, 0.2) is 0 Å². The molecule has 0 radical (unpaired) electrons. The molecule has 4 N–H and O–H groups in total. The number of hydrogen-bond donors (Lipinski definition) is 3. The third-order valence-electron chi connectivity index (χ3n) is 3.01. The quantitative estimate of drug-likeness (QED) is 0.617. The standard InChI is InChI=1S/C13H10BrN3O2S/c14-10-4-3-9(20-10)11(15)6-1-2-7-8(5-6)17-13(19)12(18)16-7/h1-5,11H,15H2,(H,16,18)(H,17,19). The molecule has 0 aliphatic carbocycles. The Morgan fingerprint density at radius 1 is 1.05 bits per heavy atom. The lowest BCUT2D eigenvalue weighted by Crippen LogP contribution is -2.29. The predicted molar refractivity (Wildman–Crippen MR) is 83.2 cm³/mol. The first-order valence-corrected chi connectivity index (χ1v) is 7.42. The van der Waals surface area contributed by atoms with E-state index in [4.69, 9.17) is 5.73 Å². The summed E-state index contributed by atoms with van der Waals surface area (Å²) in [7, 11) is 0. The summed E-state index contributed by atoms with van der Waals surface area (Å²) in [6.07, 6.45) is 0. The van der Waals surface area contributed by atoms with Crippen LogP contribution in [0.4, 0.5) is 0 Å². The van der Waals surface area contributed by atoms with Crippen molar-refractivity contribution in [1.82, 2.24) is 9.97 Å². The number of halogens is 1. The molecular formula is C13H10BrN3O2S. The van der Waals surface area contributed by atoms with Crippen LogP contribution in [0.1, 0.15) is 16.5 Å². The molecule has 0 saturated carbocycles. The maximum absolute atomic E-state index is 11.4. The Bertz CT molecular complexity index is 896. The van der Waals surface area contributed by atoms with E-state index < -0.39 is 11.1 Å². The number of fused-ring (bicyclic) bond motifs is 1. The molecule has 1 aromatic carbocycles. The van der Waals surface area contributed by atoms with E-state index in [0.717, 1.165) is 14.2 Å². The zero-order valence-electron chi connectivity index (χ0n) is 10.1. The Kier molecular flexibility index (Phi) is 3.33. The maximum Gasteiger partial charge on any atom is 0.314 e. The lowest BCUT2D eigenvalue weighted by Gasteiger charge is -2.10. The van der Waals surface area contributed by atoms with Gasteiger partial charge in [0.25, 0.3) is 0 Å². The van der Waals surface area contributed by atoms with Gasteiger partial charge in [-0.3, -0.25) is 9.59 Å². The van der Waals surface area contributed by atoms with Gasteiger partial charge in [0.05, 0.1) is 20.9 Å². The monoisotopic (exact) mass is 351 g/mol. The highest BCUT2D eigenvalue weighted by Crippen LogP contribution is 2.30. The van der Waals surface area contributed by atoms with Crippen molar-refractivity contribution in [3.63, 3.8) is 0 Å². The highest BCUT2D eigenvalue weighted by molar-refractivity contribution is 9.11. The van der Waals surface area contributed by atoms with Crippen molar-refractivity contribution in [3.05, 3.63) is 65.3 Å². The second-order valence-corrected chi connectivity index (χ2v) is 6.83. The fourth-order valence-corrected chi connectivity index (χ4v) is 3.44. The molecule has 2 aromatic heterocycles. The summed E-state index contributed by atoms with van der Waals surface area (Å²) < 4.78 is 1.02. The number of nitrogens with one attached hydrogen (secondary N) is 2. The molecule has 0 spiro atoms. The van der Waals surface area contributed by atoms with Crippen LogP contribution in [-0.2, 0) is 0 Å². The summed E-state index contributed by atoms with van der Waals surface area (Å²) in [6.45, 7) is 0. The smallest absolute Gasteiger partial charge is 0.314 e. The lowest BCUT2D eigenvalue weighted by atomic mass is 10.1. The normalized spacial score (nSPS) is 12.7. The molecule has 2 heterocycles. The summed E-state index contributed by atoms with van der Waals surface area (Å²) in [5.41, 5.74) is 6.91. The van der Waals surface area contributed by atoms with Gasteiger partial charge < -0.3 is 15.7 Å². The number of benzene rings is 1. The molecule has 1 atom stereocenters. The molecule has 0 saturated heterocycles. The number of H-pyrrole nitrogens is 2. The number of nitrogens with two attached hydrogens (primary N) is 1. The van der Waals surface area contributed by atoms with Crippen LogP contribution in [0.5, 0.6) is 0 Å². The Morgan fingerprint density at radius 2 is 1.75 bits per heavy atom. The van der Waals surface area contributed by atoms with E-state index in [1.165, 1.54) is 0 Å². The van der Waals surface area contributed by atoms with E-state index in [0.29, 0.717) is 11.0 Å². The zero-order valence-corrected chi connectivity index (χ0v) is 12.5. The third-order valence-corrected chi connectivity index (χ3v) is 4.71. The fourth-order valence-electron chi connectivity index (χ4n) is 1.99. The minimum absolute atomic E-state index is 0.272. The first kappa shape index (κ1) is 13.3. The average Bonchev–Trinajstić information content (AvgIpc) is 2.85. The minimum Gasteiger partial charge on any atom is -0.320 e. The van der Waals surface area contributed by atoms with Crippen molar-refractivity contribution < 1.29 is 0 Å². The summed E-state index contributed by atoms with van der Waals surface area (Å²) >= 11 is 4.97. The van der Waals surface area contributed by atoms with Gasteiger partial charge in [0, 0.05) is 4.88 Å². The molecule has 1 unspecified atom stereocenters. The van der Waals surface area contributed by atoms with Crippen LogP contribution in [0.2, 0.25) is 0 Å². The Morgan fingerprint density at radius 3 is 2.40 bits per heavy atom. The van der Waals surface area contributed by atoms with E-state index in [-0.39, 0.29) is 6.04 Å². The second-order valence-electron chi connectivity index (χ2n) is 4.33. The Hall–Kier alpha value is -1.70. The second kappa shape index (κ2) is 5.01. The van der Waals surface area contributed by atoms with Crippen molar-refractivity contribution >= 4 is 38.3 Å². The molecule has 0 aliphatic heterocycles. The minimum atomic E-state index is -0.665. The van der Waals surface area contributed by atoms with E-state index >= 15 is 0 Å².